The van der Waals surface area contributed by atoms with Crippen LogP contribution in [0.3, 0.4) is 0 Å². The predicted octanol–water partition coefficient (Wildman–Crippen LogP) is 3.69. The molecule has 9 nitrogen and oxygen atoms in total. The molecule has 2 aliphatic rings. The van der Waals surface area contributed by atoms with Crippen molar-refractivity contribution in [2.24, 2.45) is 0 Å². The van der Waals surface area contributed by atoms with Gasteiger partial charge in [0.25, 0.3) is 5.91 Å². The summed E-state index contributed by atoms with van der Waals surface area (Å²) in [6.45, 7) is 6.24. The molecule has 1 fully saturated rings. The van der Waals surface area contributed by atoms with E-state index in [1.165, 1.54) is 31.4 Å². The first kappa shape index (κ1) is 28.8. The van der Waals surface area contributed by atoms with Crippen molar-refractivity contribution in [3.63, 3.8) is 0 Å². The predicted molar refractivity (Wildman–Crippen MR) is 156 cm³/mol. The van der Waals surface area contributed by atoms with Crippen LogP contribution in [0.15, 0.2) is 77.7 Å². The molecule has 0 aromatic heterocycles. The Balaban J connectivity index is 1.41. The standard InChI is InChI=1S/C31H35N3O6S/c1-30(2,3)32-41(38,39)24-17-13-22(14-18-24)31(37)25-8-5-6-9-26(25)34(29(31)36)20-21-11-15-23(16-12-21)33-19-7-10-27(33)28(35)40-4/h5-6,8-9,11-18,27,32,37H,7,10,19-20H2,1-4H3/t27-,31?/m0/s1. The molecule has 1 saturated heterocycles. The number of hydrogen-bond acceptors (Lipinski definition) is 7. The van der Waals surface area contributed by atoms with Gasteiger partial charge in [0.05, 0.1) is 24.2 Å². The average molecular weight is 578 g/mol. The van der Waals surface area contributed by atoms with Crippen LogP contribution >= 0.6 is 0 Å². The summed E-state index contributed by atoms with van der Waals surface area (Å²) in [7, 11) is -2.38. The first-order valence-electron chi connectivity index (χ1n) is 13.6. The maximum Gasteiger partial charge on any atom is 0.328 e. The van der Waals surface area contributed by atoms with Gasteiger partial charge in [-0.15, -0.1) is 0 Å². The molecule has 41 heavy (non-hydrogen) atoms. The lowest BCUT2D eigenvalue weighted by Gasteiger charge is -2.26. The fraction of sp³-hybridized carbons (Fsp3) is 0.355. The van der Waals surface area contributed by atoms with E-state index in [9.17, 15) is 23.1 Å². The molecule has 0 spiro atoms. The third kappa shape index (κ3) is 5.35. The van der Waals surface area contributed by atoms with Crippen LogP contribution in [-0.4, -0.2) is 50.6 Å². The number of esters is 1. The smallest absolute Gasteiger partial charge is 0.328 e. The highest BCUT2D eigenvalue weighted by molar-refractivity contribution is 7.89. The molecule has 0 aliphatic carbocycles. The largest absolute Gasteiger partial charge is 0.467 e. The minimum atomic E-state index is -3.78. The molecular weight excluding hydrogens is 542 g/mol. The lowest BCUT2D eigenvalue weighted by Crippen LogP contribution is -2.41. The highest BCUT2D eigenvalue weighted by atomic mass is 32.2. The van der Waals surface area contributed by atoms with Gasteiger partial charge in [-0.05, 0) is 75.1 Å². The van der Waals surface area contributed by atoms with Crippen molar-refractivity contribution < 1.29 is 27.9 Å². The number of carbonyl (C=O) groups excluding carboxylic acids is 2. The molecule has 2 aliphatic heterocycles. The fourth-order valence-corrected chi connectivity index (χ4v) is 7.06. The van der Waals surface area contributed by atoms with Gasteiger partial charge in [0.2, 0.25) is 10.0 Å². The third-order valence-electron chi connectivity index (χ3n) is 7.50. The van der Waals surface area contributed by atoms with E-state index in [1.54, 1.807) is 43.9 Å². The number of nitrogens with zero attached hydrogens (tertiary/aromatic N) is 2. The molecule has 1 amide bonds. The molecular formula is C31H35N3O6S. The first-order chi connectivity index (χ1) is 19.3. The van der Waals surface area contributed by atoms with Crippen molar-refractivity contribution >= 4 is 33.3 Å². The number of anilines is 2. The van der Waals surface area contributed by atoms with Crippen LogP contribution in [0.4, 0.5) is 11.4 Å². The Morgan fingerprint density at radius 1 is 1.05 bits per heavy atom. The number of fused-ring (bicyclic) bond motifs is 1. The molecule has 0 saturated carbocycles. The molecule has 0 bridgehead atoms. The monoisotopic (exact) mass is 577 g/mol. The number of para-hydroxylation sites is 1. The van der Waals surface area contributed by atoms with E-state index in [2.05, 4.69) is 4.72 Å². The number of sulfonamides is 1. The molecule has 3 aromatic rings. The fourth-order valence-electron chi connectivity index (χ4n) is 5.64. The summed E-state index contributed by atoms with van der Waals surface area (Å²) >= 11 is 0. The molecule has 0 radical (unpaired) electrons. The van der Waals surface area contributed by atoms with Gasteiger partial charge in [-0.3, -0.25) is 4.79 Å². The topological polar surface area (TPSA) is 116 Å². The first-order valence-corrected chi connectivity index (χ1v) is 15.1. The van der Waals surface area contributed by atoms with E-state index in [0.717, 1.165) is 30.6 Å². The van der Waals surface area contributed by atoms with Crippen molar-refractivity contribution in [3.05, 3.63) is 89.5 Å². The summed E-state index contributed by atoms with van der Waals surface area (Å²) in [5, 5.41) is 11.9. The summed E-state index contributed by atoms with van der Waals surface area (Å²) in [4.78, 5) is 29.7. The highest BCUT2D eigenvalue weighted by Crippen LogP contribution is 2.45. The van der Waals surface area contributed by atoms with E-state index < -0.39 is 27.1 Å². The SMILES string of the molecule is COC(=O)[C@@H]1CCCN1c1ccc(CN2C(=O)C(O)(c3ccc(S(=O)(=O)NC(C)(C)C)cc3)c3ccccc32)cc1. The van der Waals surface area contributed by atoms with E-state index in [4.69, 9.17) is 4.74 Å². The molecule has 5 rings (SSSR count). The number of amides is 1. The van der Waals surface area contributed by atoms with Gasteiger partial charge >= 0.3 is 5.97 Å². The van der Waals surface area contributed by atoms with Gasteiger partial charge in [-0.1, -0.05) is 42.5 Å². The van der Waals surface area contributed by atoms with Crippen LogP contribution in [0.1, 0.15) is 50.3 Å². The molecule has 3 aromatic carbocycles. The Morgan fingerprint density at radius 2 is 1.71 bits per heavy atom. The normalized spacial score (nSPS) is 20.8. The second kappa shape index (κ2) is 10.6. The van der Waals surface area contributed by atoms with Crippen LogP contribution in [0.5, 0.6) is 0 Å². The average Bonchev–Trinajstić information content (AvgIpc) is 3.51. The summed E-state index contributed by atoms with van der Waals surface area (Å²) in [5.74, 6) is -0.766. The molecule has 2 atom stereocenters. The van der Waals surface area contributed by atoms with E-state index >= 15 is 0 Å². The number of benzene rings is 3. The summed E-state index contributed by atoms with van der Waals surface area (Å²) in [6.07, 6.45) is 1.64. The molecule has 2 heterocycles. The summed E-state index contributed by atoms with van der Waals surface area (Å²) < 4.78 is 33.1. The van der Waals surface area contributed by atoms with Crippen LogP contribution in [0, 0.1) is 0 Å². The number of nitrogens with one attached hydrogen (secondary N) is 1. The Morgan fingerprint density at radius 3 is 2.34 bits per heavy atom. The highest BCUT2D eigenvalue weighted by Gasteiger charge is 2.51. The van der Waals surface area contributed by atoms with E-state index in [0.29, 0.717) is 11.3 Å². The summed E-state index contributed by atoms with van der Waals surface area (Å²) in [6, 6.07) is 20.2. The quantitative estimate of drug-likeness (QED) is 0.412. The number of carbonyl (C=O) groups is 2. The van der Waals surface area contributed by atoms with Crippen molar-refractivity contribution in [1.29, 1.82) is 0 Å². The minimum absolute atomic E-state index is 0.0443. The zero-order valence-corrected chi connectivity index (χ0v) is 24.4. The van der Waals surface area contributed by atoms with Gasteiger partial charge < -0.3 is 19.6 Å². The number of ether oxygens (including phenoxy) is 1. The Kier molecular flexibility index (Phi) is 7.44. The number of aliphatic hydroxyl groups is 1. The number of rotatable bonds is 7. The van der Waals surface area contributed by atoms with Gasteiger partial charge in [0.15, 0.2) is 5.60 Å². The van der Waals surface area contributed by atoms with Crippen LogP contribution in [0.2, 0.25) is 0 Å². The minimum Gasteiger partial charge on any atom is -0.467 e. The van der Waals surface area contributed by atoms with Crippen LogP contribution in [-0.2, 0) is 36.5 Å². The molecule has 2 N–H and O–H groups in total. The van der Waals surface area contributed by atoms with Gasteiger partial charge in [0.1, 0.15) is 6.04 Å². The third-order valence-corrected chi connectivity index (χ3v) is 9.27. The maximum absolute atomic E-state index is 13.9. The maximum atomic E-state index is 13.9. The van der Waals surface area contributed by atoms with E-state index in [-0.39, 0.29) is 29.0 Å². The summed E-state index contributed by atoms with van der Waals surface area (Å²) in [5.41, 5.74) is 0.423. The van der Waals surface area contributed by atoms with Crippen molar-refractivity contribution in [2.45, 2.75) is 62.2 Å². The Hall–Kier alpha value is -3.73. The van der Waals surface area contributed by atoms with Crippen molar-refractivity contribution in [3.8, 4) is 0 Å². The lowest BCUT2D eigenvalue weighted by atomic mass is 9.87. The van der Waals surface area contributed by atoms with Crippen molar-refractivity contribution in [1.82, 2.24) is 4.72 Å². The number of hydrogen-bond donors (Lipinski definition) is 2. The van der Waals surface area contributed by atoms with Gasteiger partial charge in [-0.2, -0.15) is 0 Å². The number of methoxy groups -OCH3 is 1. The molecule has 1 unspecified atom stereocenters. The Bertz CT molecular complexity index is 1560. The van der Waals surface area contributed by atoms with E-state index in [1.807, 2.05) is 35.2 Å². The lowest BCUT2D eigenvalue weighted by molar-refractivity contribution is -0.142. The van der Waals surface area contributed by atoms with Gasteiger partial charge in [0, 0.05) is 23.3 Å². The van der Waals surface area contributed by atoms with Crippen LogP contribution < -0.4 is 14.5 Å². The zero-order chi connectivity index (χ0) is 29.6. The molecule has 216 valence electrons. The van der Waals surface area contributed by atoms with Crippen molar-refractivity contribution in [2.75, 3.05) is 23.5 Å². The second-order valence-electron chi connectivity index (χ2n) is 11.5. The van der Waals surface area contributed by atoms with Gasteiger partial charge in [-0.25, -0.2) is 17.9 Å². The second-order valence-corrected chi connectivity index (χ2v) is 13.2. The molecule has 10 heteroatoms. The zero-order valence-electron chi connectivity index (χ0n) is 23.6. The Labute approximate surface area is 240 Å². The van der Waals surface area contributed by atoms with Crippen LogP contribution in [0.25, 0.3) is 0 Å².